The number of nitrogens with one attached hydrogen (secondary N) is 1. The summed E-state index contributed by atoms with van der Waals surface area (Å²) >= 11 is 0. The molecule has 1 saturated heterocycles. The number of fused-ring (bicyclic) bond motifs is 1. The van der Waals surface area contributed by atoms with Crippen LogP contribution in [0.5, 0.6) is 11.5 Å². The first-order valence-electron chi connectivity index (χ1n) is 10.9. The van der Waals surface area contributed by atoms with Gasteiger partial charge in [0.2, 0.25) is 15.9 Å². The lowest BCUT2D eigenvalue weighted by Crippen LogP contribution is -2.52. The monoisotopic (exact) mass is 459 g/mol. The Balaban J connectivity index is 1.32. The fraction of sp³-hybridized carbons (Fsp3) is 0.435. The van der Waals surface area contributed by atoms with E-state index in [1.54, 1.807) is 17.0 Å². The maximum Gasteiger partial charge on any atom is 0.243 e. The molecule has 172 valence electrons. The molecule has 2 aliphatic rings. The highest BCUT2D eigenvalue weighted by molar-refractivity contribution is 7.89. The van der Waals surface area contributed by atoms with Gasteiger partial charge in [-0.2, -0.15) is 4.31 Å². The second kappa shape index (κ2) is 9.89. The number of carbonyl (C=O) groups is 1. The van der Waals surface area contributed by atoms with Crippen LogP contribution in [0.15, 0.2) is 53.4 Å². The highest BCUT2D eigenvalue weighted by Gasteiger charge is 2.31. The summed E-state index contributed by atoms with van der Waals surface area (Å²) in [7, 11) is -3.67. The zero-order valence-electron chi connectivity index (χ0n) is 18.2. The molecule has 2 aromatic rings. The van der Waals surface area contributed by atoms with E-state index in [2.05, 4.69) is 5.32 Å². The number of amides is 1. The SMILES string of the molecule is CC(NCC(=O)N1CCN(S(=O)(=O)c2ccc3c(c2)OCCCO3)CC1)c1ccccc1. The molecule has 1 fully saturated rings. The van der Waals surface area contributed by atoms with Crippen molar-refractivity contribution in [1.29, 1.82) is 0 Å². The van der Waals surface area contributed by atoms with Gasteiger partial charge in [0.1, 0.15) is 0 Å². The second-order valence-corrected chi connectivity index (χ2v) is 9.90. The number of rotatable bonds is 6. The molecule has 1 unspecified atom stereocenters. The van der Waals surface area contributed by atoms with Crippen LogP contribution in [0.4, 0.5) is 0 Å². The average molecular weight is 460 g/mol. The summed E-state index contributed by atoms with van der Waals surface area (Å²) in [5, 5.41) is 3.25. The smallest absolute Gasteiger partial charge is 0.243 e. The number of benzene rings is 2. The van der Waals surface area contributed by atoms with E-state index in [1.165, 1.54) is 10.4 Å². The molecule has 0 aliphatic carbocycles. The Morgan fingerprint density at radius 2 is 1.69 bits per heavy atom. The zero-order chi connectivity index (χ0) is 22.6. The van der Waals surface area contributed by atoms with Gasteiger partial charge >= 0.3 is 0 Å². The number of ether oxygens (including phenoxy) is 2. The molecule has 32 heavy (non-hydrogen) atoms. The van der Waals surface area contributed by atoms with Gasteiger partial charge in [-0.25, -0.2) is 8.42 Å². The van der Waals surface area contributed by atoms with Crippen LogP contribution in [-0.4, -0.2) is 69.5 Å². The molecule has 1 atom stereocenters. The van der Waals surface area contributed by atoms with Crippen LogP contribution >= 0.6 is 0 Å². The Morgan fingerprint density at radius 1 is 1.00 bits per heavy atom. The van der Waals surface area contributed by atoms with E-state index in [0.29, 0.717) is 37.8 Å². The van der Waals surface area contributed by atoms with Crippen molar-refractivity contribution < 1.29 is 22.7 Å². The Morgan fingerprint density at radius 3 is 2.41 bits per heavy atom. The number of piperazine rings is 1. The lowest BCUT2D eigenvalue weighted by molar-refractivity contribution is -0.131. The van der Waals surface area contributed by atoms with Crippen molar-refractivity contribution in [3.05, 3.63) is 54.1 Å². The lowest BCUT2D eigenvalue weighted by Gasteiger charge is -2.34. The van der Waals surface area contributed by atoms with E-state index in [9.17, 15) is 13.2 Å². The Hall–Kier alpha value is -2.62. The minimum Gasteiger partial charge on any atom is -0.490 e. The van der Waals surface area contributed by atoms with Gasteiger partial charge in [-0.05, 0) is 24.6 Å². The largest absolute Gasteiger partial charge is 0.490 e. The van der Waals surface area contributed by atoms with Crippen LogP contribution in [0.2, 0.25) is 0 Å². The molecular weight excluding hydrogens is 430 g/mol. The van der Waals surface area contributed by atoms with E-state index in [1.807, 2.05) is 37.3 Å². The highest BCUT2D eigenvalue weighted by Crippen LogP contribution is 2.33. The van der Waals surface area contributed by atoms with Crippen molar-refractivity contribution in [1.82, 2.24) is 14.5 Å². The first-order valence-corrected chi connectivity index (χ1v) is 12.3. The number of hydrogen-bond donors (Lipinski definition) is 1. The molecule has 2 aliphatic heterocycles. The van der Waals surface area contributed by atoms with Gasteiger partial charge in [0, 0.05) is 44.7 Å². The molecule has 9 heteroatoms. The van der Waals surface area contributed by atoms with Gasteiger partial charge in [-0.15, -0.1) is 0 Å². The fourth-order valence-electron chi connectivity index (χ4n) is 3.84. The average Bonchev–Trinajstić information content (AvgIpc) is 3.08. The van der Waals surface area contributed by atoms with E-state index in [0.717, 1.165) is 12.0 Å². The Kier molecular flexibility index (Phi) is 6.98. The fourth-order valence-corrected chi connectivity index (χ4v) is 5.28. The number of nitrogens with zero attached hydrogens (tertiary/aromatic N) is 2. The van der Waals surface area contributed by atoms with Crippen LogP contribution in [-0.2, 0) is 14.8 Å². The van der Waals surface area contributed by atoms with Crippen molar-refractivity contribution in [2.24, 2.45) is 0 Å². The summed E-state index contributed by atoms with van der Waals surface area (Å²) in [4.78, 5) is 14.5. The molecule has 0 aromatic heterocycles. The molecule has 2 aromatic carbocycles. The van der Waals surface area contributed by atoms with Crippen LogP contribution < -0.4 is 14.8 Å². The maximum absolute atomic E-state index is 13.1. The van der Waals surface area contributed by atoms with E-state index >= 15 is 0 Å². The van der Waals surface area contributed by atoms with Crippen molar-refractivity contribution in [2.45, 2.75) is 24.3 Å². The summed E-state index contributed by atoms with van der Waals surface area (Å²) in [6.07, 6.45) is 0.756. The van der Waals surface area contributed by atoms with Gasteiger partial charge in [0.15, 0.2) is 11.5 Å². The Labute approximate surface area is 189 Å². The summed E-state index contributed by atoms with van der Waals surface area (Å²) in [5.74, 6) is 0.991. The molecule has 1 N–H and O–H groups in total. The molecule has 0 spiro atoms. The van der Waals surface area contributed by atoms with Crippen LogP contribution in [0.3, 0.4) is 0 Å². The molecule has 0 bridgehead atoms. The summed E-state index contributed by atoms with van der Waals surface area (Å²) in [6, 6.07) is 14.7. The number of sulfonamides is 1. The summed E-state index contributed by atoms with van der Waals surface area (Å²) in [6.45, 7) is 4.53. The van der Waals surface area contributed by atoms with Gasteiger partial charge < -0.3 is 19.7 Å². The minimum absolute atomic E-state index is 0.0274. The molecule has 8 nitrogen and oxygen atoms in total. The second-order valence-electron chi connectivity index (χ2n) is 7.96. The molecular formula is C23H29N3O5S. The zero-order valence-corrected chi connectivity index (χ0v) is 19.0. The summed E-state index contributed by atoms with van der Waals surface area (Å²) < 4.78 is 38.9. The predicted octanol–water partition coefficient (Wildman–Crippen LogP) is 2.03. The van der Waals surface area contributed by atoms with Crippen LogP contribution in [0, 0.1) is 0 Å². The quantitative estimate of drug-likeness (QED) is 0.711. The van der Waals surface area contributed by atoms with Gasteiger partial charge in [-0.1, -0.05) is 30.3 Å². The third-order valence-electron chi connectivity index (χ3n) is 5.81. The topological polar surface area (TPSA) is 88.2 Å². The number of carbonyl (C=O) groups excluding carboxylic acids is 1. The van der Waals surface area contributed by atoms with E-state index in [-0.39, 0.29) is 36.5 Å². The van der Waals surface area contributed by atoms with E-state index in [4.69, 9.17) is 9.47 Å². The number of hydrogen-bond acceptors (Lipinski definition) is 6. The van der Waals surface area contributed by atoms with Gasteiger partial charge in [-0.3, -0.25) is 4.79 Å². The first-order chi connectivity index (χ1) is 15.4. The third kappa shape index (κ3) is 5.06. The van der Waals surface area contributed by atoms with Gasteiger partial charge in [0.25, 0.3) is 0 Å². The molecule has 0 radical (unpaired) electrons. The van der Waals surface area contributed by atoms with Crippen molar-refractivity contribution in [2.75, 3.05) is 45.9 Å². The molecule has 2 heterocycles. The molecule has 4 rings (SSSR count). The Bertz CT molecular complexity index is 1040. The normalized spacial score (nSPS) is 18.1. The molecule has 0 saturated carbocycles. The van der Waals surface area contributed by atoms with Crippen LogP contribution in [0.1, 0.15) is 24.9 Å². The van der Waals surface area contributed by atoms with Gasteiger partial charge in [0.05, 0.1) is 24.7 Å². The van der Waals surface area contributed by atoms with Crippen molar-refractivity contribution >= 4 is 15.9 Å². The predicted molar refractivity (Wildman–Crippen MR) is 120 cm³/mol. The lowest BCUT2D eigenvalue weighted by atomic mass is 10.1. The van der Waals surface area contributed by atoms with Crippen LogP contribution in [0.25, 0.3) is 0 Å². The van der Waals surface area contributed by atoms with E-state index < -0.39 is 10.0 Å². The maximum atomic E-state index is 13.1. The molecule has 1 amide bonds. The highest BCUT2D eigenvalue weighted by atomic mass is 32.2. The first kappa shape index (κ1) is 22.6. The van der Waals surface area contributed by atoms with Crippen molar-refractivity contribution in [3.8, 4) is 11.5 Å². The van der Waals surface area contributed by atoms with Crippen molar-refractivity contribution in [3.63, 3.8) is 0 Å². The summed E-state index contributed by atoms with van der Waals surface area (Å²) in [5.41, 5.74) is 1.12. The minimum atomic E-state index is -3.67. The standard InChI is InChI=1S/C23H29N3O5S/c1-18(19-6-3-2-4-7-19)24-17-23(27)25-10-12-26(13-11-25)32(28,29)20-8-9-21-22(16-20)31-15-5-14-30-21/h2-4,6-9,16,18,24H,5,10-15,17H2,1H3. The third-order valence-corrected chi connectivity index (χ3v) is 7.70.